The summed E-state index contributed by atoms with van der Waals surface area (Å²) >= 11 is 3.48. The van der Waals surface area contributed by atoms with Crippen LogP contribution in [-0.4, -0.2) is 34.1 Å². The zero-order valence-corrected chi connectivity index (χ0v) is 14.4. The van der Waals surface area contributed by atoms with Gasteiger partial charge in [0.25, 0.3) is 5.91 Å². The molecule has 1 saturated heterocycles. The van der Waals surface area contributed by atoms with Crippen LogP contribution in [0.4, 0.5) is 11.5 Å². The summed E-state index contributed by atoms with van der Waals surface area (Å²) in [6.45, 7) is 1.63. The van der Waals surface area contributed by atoms with E-state index in [0.717, 1.165) is 36.1 Å². The van der Waals surface area contributed by atoms with E-state index >= 15 is 0 Å². The number of nitrogens with zero attached hydrogens (tertiary/aromatic N) is 3. The van der Waals surface area contributed by atoms with Crippen molar-refractivity contribution in [1.29, 1.82) is 0 Å². The average molecular weight is 375 g/mol. The summed E-state index contributed by atoms with van der Waals surface area (Å²) in [4.78, 5) is 14.4. The monoisotopic (exact) mass is 374 g/mol. The summed E-state index contributed by atoms with van der Waals surface area (Å²) < 4.78 is 0.950. The lowest BCUT2D eigenvalue weighted by molar-refractivity contribution is 0.0754. The summed E-state index contributed by atoms with van der Waals surface area (Å²) in [5.41, 5.74) is 1.32. The lowest BCUT2D eigenvalue weighted by atomic mass is 10.2. The Labute approximate surface area is 144 Å². The zero-order chi connectivity index (χ0) is 16.1. The van der Waals surface area contributed by atoms with Crippen LogP contribution in [-0.2, 0) is 0 Å². The Hall–Kier alpha value is -1.95. The van der Waals surface area contributed by atoms with Crippen molar-refractivity contribution in [2.24, 2.45) is 0 Å². The van der Waals surface area contributed by atoms with Crippen LogP contribution in [0.25, 0.3) is 0 Å². The third-order valence-electron chi connectivity index (χ3n) is 3.91. The van der Waals surface area contributed by atoms with Crippen molar-refractivity contribution >= 4 is 33.3 Å². The molecule has 0 atom stereocenters. The second-order valence-corrected chi connectivity index (χ2v) is 6.47. The number of benzene rings is 1. The minimum absolute atomic E-state index is 0.0214. The van der Waals surface area contributed by atoms with Crippen molar-refractivity contribution in [1.82, 2.24) is 15.1 Å². The van der Waals surface area contributed by atoms with E-state index in [1.807, 2.05) is 29.2 Å². The molecule has 3 rings (SSSR count). The molecular weight excluding hydrogens is 356 g/mol. The van der Waals surface area contributed by atoms with Crippen LogP contribution in [0.5, 0.6) is 0 Å². The van der Waals surface area contributed by atoms with E-state index in [1.165, 1.54) is 12.8 Å². The molecule has 1 N–H and O–H groups in total. The van der Waals surface area contributed by atoms with E-state index in [9.17, 15) is 4.79 Å². The highest BCUT2D eigenvalue weighted by Crippen LogP contribution is 2.24. The quantitative estimate of drug-likeness (QED) is 0.881. The number of rotatable bonds is 3. The molecular formula is C17H19BrN4O. The topological polar surface area (TPSA) is 58.1 Å². The van der Waals surface area contributed by atoms with Crippen LogP contribution in [0.15, 0.2) is 40.9 Å². The molecule has 1 aromatic carbocycles. The minimum Gasteiger partial charge on any atom is -0.338 e. The Balaban J connectivity index is 1.69. The van der Waals surface area contributed by atoms with Gasteiger partial charge in [-0.25, -0.2) is 0 Å². The highest BCUT2D eigenvalue weighted by atomic mass is 79.9. The van der Waals surface area contributed by atoms with E-state index in [2.05, 4.69) is 31.4 Å². The molecule has 120 valence electrons. The third-order valence-corrected chi connectivity index (χ3v) is 4.61. The van der Waals surface area contributed by atoms with Crippen molar-refractivity contribution in [2.45, 2.75) is 25.7 Å². The molecule has 23 heavy (non-hydrogen) atoms. The Kier molecular flexibility index (Phi) is 5.23. The molecule has 0 aliphatic carbocycles. The number of amides is 1. The fourth-order valence-electron chi connectivity index (χ4n) is 2.65. The molecule has 0 spiro atoms. The zero-order valence-electron chi connectivity index (χ0n) is 12.8. The molecule has 1 aromatic heterocycles. The van der Waals surface area contributed by atoms with E-state index in [-0.39, 0.29) is 5.91 Å². The van der Waals surface area contributed by atoms with Crippen LogP contribution in [0, 0.1) is 0 Å². The summed E-state index contributed by atoms with van der Waals surface area (Å²) in [6, 6.07) is 11.3. The van der Waals surface area contributed by atoms with Crippen molar-refractivity contribution in [3.63, 3.8) is 0 Å². The second-order valence-electron chi connectivity index (χ2n) is 5.62. The molecule has 1 aliphatic rings. The summed E-state index contributed by atoms with van der Waals surface area (Å²) in [6.07, 6.45) is 4.54. The lowest BCUT2D eigenvalue weighted by Gasteiger charge is -2.19. The van der Waals surface area contributed by atoms with Gasteiger partial charge in [-0.3, -0.25) is 4.79 Å². The molecule has 0 saturated carbocycles. The maximum absolute atomic E-state index is 12.5. The van der Waals surface area contributed by atoms with E-state index < -0.39 is 0 Å². The van der Waals surface area contributed by atoms with Crippen molar-refractivity contribution in [3.05, 3.63) is 46.6 Å². The van der Waals surface area contributed by atoms with E-state index in [1.54, 1.807) is 12.1 Å². The van der Waals surface area contributed by atoms with Crippen molar-refractivity contribution in [3.8, 4) is 0 Å². The molecule has 0 unspecified atom stereocenters. The number of nitrogens with one attached hydrogen (secondary N) is 1. The van der Waals surface area contributed by atoms with Crippen LogP contribution >= 0.6 is 15.9 Å². The molecule has 0 bridgehead atoms. The highest BCUT2D eigenvalue weighted by molar-refractivity contribution is 9.10. The molecule has 2 aromatic rings. The Morgan fingerprint density at radius 3 is 2.39 bits per heavy atom. The number of hydrogen-bond acceptors (Lipinski definition) is 4. The van der Waals surface area contributed by atoms with Gasteiger partial charge in [0.1, 0.15) is 0 Å². The van der Waals surface area contributed by atoms with Crippen LogP contribution in [0.3, 0.4) is 0 Å². The molecule has 5 nitrogen and oxygen atoms in total. The lowest BCUT2D eigenvalue weighted by Crippen LogP contribution is -2.32. The van der Waals surface area contributed by atoms with Crippen molar-refractivity contribution < 1.29 is 4.79 Å². The largest absolute Gasteiger partial charge is 0.338 e. The maximum atomic E-state index is 12.5. The Bertz CT molecular complexity index is 667. The number of anilines is 2. The predicted molar refractivity (Wildman–Crippen MR) is 93.8 cm³/mol. The number of para-hydroxylation sites is 1. The first-order chi connectivity index (χ1) is 11.2. The fourth-order valence-corrected chi connectivity index (χ4v) is 3.03. The highest BCUT2D eigenvalue weighted by Gasteiger charge is 2.18. The smallest absolute Gasteiger partial charge is 0.274 e. The SMILES string of the molecule is O=C(c1ccc(Nc2ccccc2Br)nn1)N1CCCCCC1. The molecule has 1 amide bonds. The minimum atomic E-state index is -0.0214. The predicted octanol–water partition coefficient (Wildman–Crippen LogP) is 4.00. The molecule has 0 radical (unpaired) electrons. The van der Waals surface area contributed by atoms with Gasteiger partial charge in [0, 0.05) is 17.6 Å². The third kappa shape index (κ3) is 4.07. The van der Waals surface area contributed by atoms with E-state index in [4.69, 9.17) is 0 Å². The van der Waals surface area contributed by atoms with Crippen LogP contribution in [0.2, 0.25) is 0 Å². The average Bonchev–Trinajstić information content (AvgIpc) is 2.86. The second kappa shape index (κ2) is 7.55. The van der Waals surface area contributed by atoms with Crippen molar-refractivity contribution in [2.75, 3.05) is 18.4 Å². The first-order valence-electron chi connectivity index (χ1n) is 7.88. The first kappa shape index (κ1) is 15.9. The number of carbonyl (C=O) groups is 1. The van der Waals surface area contributed by atoms with Gasteiger partial charge in [0.15, 0.2) is 11.5 Å². The molecule has 6 heteroatoms. The standard InChI is InChI=1S/C17H19BrN4O/c18-13-7-3-4-8-14(13)19-16-10-9-15(20-21-16)17(23)22-11-5-1-2-6-12-22/h3-4,7-10H,1-2,5-6,11-12H2,(H,19,21). The van der Waals surface area contributed by atoms with Crippen LogP contribution in [0.1, 0.15) is 36.2 Å². The van der Waals surface area contributed by atoms with Crippen LogP contribution < -0.4 is 5.32 Å². The van der Waals surface area contributed by atoms with Gasteiger partial charge in [0.05, 0.1) is 5.69 Å². The summed E-state index contributed by atoms with van der Waals surface area (Å²) in [5, 5.41) is 11.4. The summed E-state index contributed by atoms with van der Waals surface area (Å²) in [5.74, 6) is 0.594. The summed E-state index contributed by atoms with van der Waals surface area (Å²) in [7, 11) is 0. The molecule has 1 fully saturated rings. The van der Waals surface area contributed by atoms with Gasteiger partial charge in [-0.1, -0.05) is 25.0 Å². The van der Waals surface area contributed by atoms with Gasteiger partial charge in [-0.15, -0.1) is 10.2 Å². The van der Waals surface area contributed by atoms with Gasteiger partial charge in [0.2, 0.25) is 0 Å². The maximum Gasteiger partial charge on any atom is 0.274 e. The molecule has 1 aliphatic heterocycles. The number of aromatic nitrogens is 2. The van der Waals surface area contributed by atoms with Gasteiger partial charge < -0.3 is 10.2 Å². The number of halogens is 1. The Morgan fingerprint density at radius 2 is 1.74 bits per heavy atom. The van der Waals surface area contributed by atoms with E-state index in [0.29, 0.717) is 11.5 Å². The number of carbonyl (C=O) groups excluding carboxylic acids is 1. The molecule has 2 heterocycles. The Morgan fingerprint density at radius 1 is 1.00 bits per heavy atom. The normalized spacial score (nSPS) is 15.1. The number of hydrogen-bond donors (Lipinski definition) is 1. The number of likely N-dealkylation sites (tertiary alicyclic amines) is 1. The van der Waals surface area contributed by atoms with Gasteiger partial charge in [-0.05, 0) is 53.0 Å². The van der Waals surface area contributed by atoms with Gasteiger partial charge in [-0.2, -0.15) is 0 Å². The van der Waals surface area contributed by atoms with Gasteiger partial charge >= 0.3 is 0 Å². The first-order valence-corrected chi connectivity index (χ1v) is 8.68. The fraction of sp³-hybridized carbons (Fsp3) is 0.353.